The van der Waals surface area contributed by atoms with Gasteiger partial charge in [0.25, 0.3) is 0 Å². The molecule has 1 N–H and O–H groups in total. The molecule has 0 bridgehead atoms. The highest BCUT2D eigenvalue weighted by molar-refractivity contribution is 5.79. The number of hydrogen-bond donors (Lipinski definition) is 1. The smallest absolute Gasteiger partial charge is 0.231 e. The van der Waals surface area contributed by atoms with Crippen molar-refractivity contribution in [3.05, 3.63) is 53.6 Å². The predicted molar refractivity (Wildman–Crippen MR) is 138 cm³/mol. The third-order valence-corrected chi connectivity index (χ3v) is 5.96. The van der Waals surface area contributed by atoms with E-state index >= 15 is 0 Å². The Morgan fingerprint density at radius 1 is 1.03 bits per heavy atom. The van der Waals surface area contributed by atoms with Gasteiger partial charge in [0, 0.05) is 19.0 Å². The summed E-state index contributed by atoms with van der Waals surface area (Å²) in [5, 5.41) is 3.50. The summed E-state index contributed by atoms with van der Waals surface area (Å²) in [5.41, 5.74) is 2.23. The van der Waals surface area contributed by atoms with Gasteiger partial charge in [-0.25, -0.2) is 0 Å². The Labute approximate surface area is 209 Å². The van der Waals surface area contributed by atoms with Gasteiger partial charge in [-0.15, -0.1) is 0 Å². The second-order valence-electron chi connectivity index (χ2n) is 8.80. The van der Waals surface area contributed by atoms with Gasteiger partial charge < -0.3 is 29.2 Å². The molecule has 1 aliphatic rings. The summed E-state index contributed by atoms with van der Waals surface area (Å²) in [5.74, 6) is 3.17. The van der Waals surface area contributed by atoms with Gasteiger partial charge in [-0.3, -0.25) is 4.79 Å². The SMILES string of the molecule is COc1ccc(CCCNCCCN(C(=O)C/C=C/c2ccc3c(c2)OCO3)C(C)C)cc1OC. The molecule has 0 saturated heterocycles. The summed E-state index contributed by atoms with van der Waals surface area (Å²) < 4.78 is 21.4. The van der Waals surface area contributed by atoms with E-state index in [1.165, 1.54) is 5.56 Å². The average Bonchev–Trinajstić information content (AvgIpc) is 3.33. The van der Waals surface area contributed by atoms with Crippen LogP contribution in [0, 0.1) is 0 Å². The number of ether oxygens (including phenoxy) is 4. The first-order valence-electron chi connectivity index (χ1n) is 12.3. The monoisotopic (exact) mass is 482 g/mol. The van der Waals surface area contributed by atoms with Crippen LogP contribution >= 0.6 is 0 Å². The molecule has 35 heavy (non-hydrogen) atoms. The summed E-state index contributed by atoms with van der Waals surface area (Å²) >= 11 is 0. The molecule has 3 rings (SSSR count). The first kappa shape index (κ1) is 26.4. The number of benzene rings is 2. The standard InChI is InChI=1S/C28H38N2O5/c1-21(2)30(28(31)10-5-8-22-12-14-25-27(19-22)35-20-34-25)17-7-16-29-15-6-9-23-11-13-24(32-3)26(18-23)33-4/h5,8,11-14,18-19,21,29H,6-7,9-10,15-17,20H2,1-4H3/b8-5+. The van der Waals surface area contributed by atoms with Crippen LogP contribution in [0.4, 0.5) is 0 Å². The van der Waals surface area contributed by atoms with Crippen LogP contribution in [0.25, 0.3) is 6.08 Å². The van der Waals surface area contributed by atoms with Crippen molar-refractivity contribution >= 4 is 12.0 Å². The number of carbonyl (C=O) groups is 1. The zero-order chi connectivity index (χ0) is 25.0. The van der Waals surface area contributed by atoms with Gasteiger partial charge in [0.1, 0.15) is 0 Å². The Kier molecular flexibility index (Phi) is 10.3. The molecule has 1 aliphatic heterocycles. The van der Waals surface area contributed by atoms with Crippen LogP contribution in [-0.4, -0.2) is 57.5 Å². The van der Waals surface area contributed by atoms with Crippen molar-refractivity contribution in [3.8, 4) is 23.0 Å². The predicted octanol–water partition coefficient (Wildman–Crippen LogP) is 4.69. The maximum atomic E-state index is 12.8. The third-order valence-electron chi connectivity index (χ3n) is 5.96. The van der Waals surface area contributed by atoms with E-state index in [4.69, 9.17) is 18.9 Å². The number of rotatable bonds is 14. The van der Waals surface area contributed by atoms with Gasteiger partial charge in [0.05, 0.1) is 14.2 Å². The molecule has 1 heterocycles. The summed E-state index contributed by atoms with van der Waals surface area (Å²) in [6.45, 7) is 6.96. The lowest BCUT2D eigenvalue weighted by Crippen LogP contribution is -2.38. The van der Waals surface area contributed by atoms with E-state index in [0.29, 0.717) is 6.42 Å². The third kappa shape index (κ3) is 7.92. The first-order chi connectivity index (χ1) is 17.0. The number of nitrogens with one attached hydrogen (secondary N) is 1. The fourth-order valence-corrected chi connectivity index (χ4v) is 4.05. The topological polar surface area (TPSA) is 69.3 Å². The summed E-state index contributed by atoms with van der Waals surface area (Å²) in [4.78, 5) is 14.7. The van der Waals surface area contributed by atoms with Crippen molar-refractivity contribution in [2.45, 2.75) is 45.6 Å². The highest BCUT2D eigenvalue weighted by atomic mass is 16.7. The largest absolute Gasteiger partial charge is 0.493 e. The van der Waals surface area contributed by atoms with Gasteiger partial charge >= 0.3 is 0 Å². The average molecular weight is 483 g/mol. The molecule has 2 aromatic rings. The van der Waals surface area contributed by atoms with E-state index in [1.807, 2.05) is 47.4 Å². The zero-order valence-corrected chi connectivity index (χ0v) is 21.3. The minimum absolute atomic E-state index is 0.144. The maximum Gasteiger partial charge on any atom is 0.231 e. The maximum absolute atomic E-state index is 12.8. The summed E-state index contributed by atoms with van der Waals surface area (Å²) in [7, 11) is 3.30. The molecule has 1 amide bonds. The van der Waals surface area contributed by atoms with Gasteiger partial charge in [0.15, 0.2) is 23.0 Å². The lowest BCUT2D eigenvalue weighted by molar-refractivity contribution is -0.132. The van der Waals surface area contributed by atoms with E-state index in [0.717, 1.165) is 67.5 Å². The van der Waals surface area contributed by atoms with Crippen LogP contribution in [0.15, 0.2) is 42.5 Å². The number of amides is 1. The highest BCUT2D eigenvalue weighted by Gasteiger charge is 2.15. The Morgan fingerprint density at radius 2 is 1.80 bits per heavy atom. The van der Waals surface area contributed by atoms with Crippen molar-refractivity contribution in [3.63, 3.8) is 0 Å². The minimum Gasteiger partial charge on any atom is -0.493 e. The fraction of sp³-hybridized carbons (Fsp3) is 0.464. The molecule has 7 heteroatoms. The molecule has 0 atom stereocenters. The molecule has 7 nitrogen and oxygen atoms in total. The molecule has 0 spiro atoms. The number of hydrogen-bond acceptors (Lipinski definition) is 6. The Bertz CT molecular complexity index is 989. The van der Waals surface area contributed by atoms with Crippen molar-refractivity contribution in [2.75, 3.05) is 40.6 Å². The van der Waals surface area contributed by atoms with Crippen LogP contribution in [0.3, 0.4) is 0 Å². The minimum atomic E-state index is 0.144. The number of carbonyl (C=O) groups excluding carboxylic acids is 1. The van der Waals surface area contributed by atoms with Gasteiger partial charge in [-0.1, -0.05) is 24.3 Å². The summed E-state index contributed by atoms with van der Waals surface area (Å²) in [6.07, 6.45) is 7.18. The number of fused-ring (bicyclic) bond motifs is 1. The number of aryl methyl sites for hydroxylation is 1. The van der Waals surface area contributed by atoms with Crippen molar-refractivity contribution in [2.24, 2.45) is 0 Å². The number of nitrogens with zero attached hydrogens (tertiary/aromatic N) is 1. The molecule has 0 aromatic heterocycles. The fourth-order valence-electron chi connectivity index (χ4n) is 4.05. The first-order valence-corrected chi connectivity index (χ1v) is 12.3. The molecule has 190 valence electrons. The molecule has 0 aliphatic carbocycles. The van der Waals surface area contributed by atoms with Crippen molar-refractivity contribution in [1.29, 1.82) is 0 Å². The van der Waals surface area contributed by atoms with Crippen LogP contribution in [0.1, 0.15) is 44.2 Å². The normalized spacial score (nSPS) is 12.4. The van der Waals surface area contributed by atoms with Crippen molar-refractivity contribution in [1.82, 2.24) is 10.2 Å². The Morgan fingerprint density at radius 3 is 2.57 bits per heavy atom. The van der Waals surface area contributed by atoms with E-state index in [1.54, 1.807) is 14.2 Å². The van der Waals surface area contributed by atoms with Crippen LogP contribution in [0.5, 0.6) is 23.0 Å². The summed E-state index contributed by atoms with van der Waals surface area (Å²) in [6, 6.07) is 12.0. The van der Waals surface area contributed by atoms with Crippen LogP contribution in [-0.2, 0) is 11.2 Å². The van der Waals surface area contributed by atoms with Gasteiger partial charge in [0.2, 0.25) is 12.7 Å². The molecular formula is C28H38N2O5. The van der Waals surface area contributed by atoms with E-state index in [2.05, 4.69) is 25.2 Å². The second kappa shape index (κ2) is 13.6. The molecule has 0 saturated carbocycles. The second-order valence-corrected chi connectivity index (χ2v) is 8.80. The van der Waals surface area contributed by atoms with Gasteiger partial charge in [-0.2, -0.15) is 0 Å². The highest BCUT2D eigenvalue weighted by Crippen LogP contribution is 2.33. The van der Waals surface area contributed by atoms with Crippen molar-refractivity contribution < 1.29 is 23.7 Å². The van der Waals surface area contributed by atoms with Crippen LogP contribution < -0.4 is 24.3 Å². The molecule has 0 fully saturated rings. The molecular weight excluding hydrogens is 444 g/mol. The number of methoxy groups -OCH3 is 2. The molecule has 0 radical (unpaired) electrons. The van der Waals surface area contributed by atoms with Crippen LogP contribution in [0.2, 0.25) is 0 Å². The van der Waals surface area contributed by atoms with E-state index < -0.39 is 0 Å². The zero-order valence-electron chi connectivity index (χ0n) is 21.3. The van der Waals surface area contributed by atoms with Gasteiger partial charge in [-0.05, 0) is 81.6 Å². The lowest BCUT2D eigenvalue weighted by Gasteiger charge is -2.26. The molecule has 0 unspecified atom stereocenters. The Balaban J connectivity index is 1.34. The Hall–Kier alpha value is -3.19. The molecule has 2 aromatic carbocycles. The van der Waals surface area contributed by atoms with E-state index in [-0.39, 0.29) is 18.7 Å². The van der Waals surface area contributed by atoms with E-state index in [9.17, 15) is 4.79 Å². The quantitative estimate of drug-likeness (QED) is 0.394. The lowest BCUT2D eigenvalue weighted by atomic mass is 10.1.